The summed E-state index contributed by atoms with van der Waals surface area (Å²) in [5, 5.41) is 19.8. The third-order valence-electron chi connectivity index (χ3n) is 2.62. The first-order chi connectivity index (χ1) is 8.79. The van der Waals surface area contributed by atoms with E-state index in [2.05, 4.69) is 4.72 Å². The van der Waals surface area contributed by atoms with Gasteiger partial charge in [-0.05, 0) is 30.7 Å². The number of thiophene rings is 1. The Balaban J connectivity index is 2.89. The molecule has 3 N–H and O–H groups in total. The van der Waals surface area contributed by atoms with E-state index in [0.717, 1.165) is 11.3 Å². The first kappa shape index (κ1) is 16.1. The van der Waals surface area contributed by atoms with Gasteiger partial charge in [0.25, 0.3) is 0 Å². The summed E-state index contributed by atoms with van der Waals surface area (Å²) in [6.07, 6.45) is 0.270. The maximum absolute atomic E-state index is 12.1. The average Bonchev–Trinajstić information content (AvgIpc) is 2.71. The standard InChI is InChI=1S/C11H17NO5S2/c1-3-8(13)4-5-12-19(16,17)10-7(2)6-18-9(10)11(14)15/h6,8,12-13H,3-5H2,1-2H3,(H,14,15). The first-order valence-electron chi connectivity index (χ1n) is 5.78. The molecule has 1 unspecified atom stereocenters. The number of carboxylic acids is 1. The molecule has 0 aliphatic rings. The highest BCUT2D eigenvalue weighted by Crippen LogP contribution is 2.26. The van der Waals surface area contributed by atoms with Crippen molar-refractivity contribution in [2.45, 2.75) is 37.7 Å². The number of aromatic carboxylic acids is 1. The van der Waals surface area contributed by atoms with E-state index in [-0.39, 0.29) is 16.3 Å². The molecule has 0 bridgehead atoms. The number of hydrogen-bond acceptors (Lipinski definition) is 5. The molecule has 0 radical (unpaired) electrons. The first-order valence-corrected chi connectivity index (χ1v) is 8.15. The summed E-state index contributed by atoms with van der Waals surface area (Å²) in [5.41, 5.74) is 0.408. The molecule has 108 valence electrons. The predicted octanol–water partition coefficient (Wildman–Crippen LogP) is 1.19. The van der Waals surface area contributed by atoms with Crippen LogP contribution in [0.3, 0.4) is 0 Å². The minimum atomic E-state index is -3.86. The molecular formula is C11H17NO5S2. The van der Waals surface area contributed by atoms with Crippen LogP contribution >= 0.6 is 11.3 Å². The van der Waals surface area contributed by atoms with Crippen molar-refractivity contribution in [3.8, 4) is 0 Å². The second-order valence-electron chi connectivity index (χ2n) is 4.13. The second-order valence-corrected chi connectivity index (χ2v) is 6.71. The maximum Gasteiger partial charge on any atom is 0.347 e. The second kappa shape index (κ2) is 6.47. The molecule has 1 aromatic rings. The van der Waals surface area contributed by atoms with Crippen LogP contribution in [0, 0.1) is 6.92 Å². The smallest absolute Gasteiger partial charge is 0.347 e. The zero-order valence-corrected chi connectivity index (χ0v) is 12.3. The molecule has 0 amide bonds. The van der Waals surface area contributed by atoms with Crippen LogP contribution < -0.4 is 4.72 Å². The number of carboxylic acid groups (broad SMARTS) is 1. The lowest BCUT2D eigenvalue weighted by Crippen LogP contribution is -2.28. The topological polar surface area (TPSA) is 104 Å². The van der Waals surface area contributed by atoms with Crippen LogP contribution in [0.4, 0.5) is 0 Å². The highest BCUT2D eigenvalue weighted by Gasteiger charge is 2.26. The van der Waals surface area contributed by atoms with Gasteiger partial charge in [0, 0.05) is 6.54 Å². The largest absolute Gasteiger partial charge is 0.477 e. The Morgan fingerprint density at radius 3 is 2.68 bits per heavy atom. The maximum atomic E-state index is 12.1. The molecule has 1 aromatic heterocycles. The van der Waals surface area contributed by atoms with E-state index < -0.39 is 22.1 Å². The monoisotopic (exact) mass is 307 g/mol. The molecule has 19 heavy (non-hydrogen) atoms. The fourth-order valence-corrected chi connectivity index (χ4v) is 4.23. The molecule has 0 aliphatic carbocycles. The number of nitrogens with one attached hydrogen (secondary N) is 1. The summed E-state index contributed by atoms with van der Waals surface area (Å²) in [7, 11) is -3.86. The van der Waals surface area contributed by atoms with Crippen LogP contribution in [-0.2, 0) is 10.0 Å². The number of aryl methyl sites for hydroxylation is 1. The minimum Gasteiger partial charge on any atom is -0.477 e. The fourth-order valence-electron chi connectivity index (χ4n) is 1.55. The average molecular weight is 307 g/mol. The summed E-state index contributed by atoms with van der Waals surface area (Å²) in [5.74, 6) is -1.26. The molecule has 1 rings (SSSR count). The Bertz CT molecular complexity index is 549. The summed E-state index contributed by atoms with van der Waals surface area (Å²) < 4.78 is 26.4. The Hall–Kier alpha value is -0.960. The van der Waals surface area contributed by atoms with Crippen molar-refractivity contribution in [1.82, 2.24) is 4.72 Å². The molecule has 0 aromatic carbocycles. The number of aliphatic hydroxyl groups is 1. The number of hydrogen-bond donors (Lipinski definition) is 3. The molecule has 6 nitrogen and oxygen atoms in total. The van der Waals surface area contributed by atoms with E-state index in [1.165, 1.54) is 5.38 Å². The molecule has 1 atom stereocenters. The van der Waals surface area contributed by atoms with Crippen LogP contribution in [0.25, 0.3) is 0 Å². The van der Waals surface area contributed by atoms with E-state index in [1.54, 1.807) is 13.8 Å². The van der Waals surface area contributed by atoms with Crippen LogP contribution in [0.1, 0.15) is 35.0 Å². The SMILES string of the molecule is CCC(O)CCNS(=O)(=O)c1c(C)csc1C(=O)O. The highest BCUT2D eigenvalue weighted by atomic mass is 32.2. The van der Waals surface area contributed by atoms with Crippen molar-refractivity contribution in [3.05, 3.63) is 15.8 Å². The lowest BCUT2D eigenvalue weighted by atomic mass is 10.2. The number of rotatable bonds is 7. The van der Waals surface area contributed by atoms with Crippen LogP contribution in [0.2, 0.25) is 0 Å². The molecule has 0 saturated heterocycles. The van der Waals surface area contributed by atoms with Crippen LogP contribution in [0.5, 0.6) is 0 Å². The quantitative estimate of drug-likeness (QED) is 0.702. The van der Waals surface area contributed by atoms with Gasteiger partial charge in [-0.2, -0.15) is 0 Å². The highest BCUT2D eigenvalue weighted by molar-refractivity contribution is 7.89. The van der Waals surface area contributed by atoms with Gasteiger partial charge in [0.15, 0.2) is 0 Å². The minimum absolute atomic E-state index is 0.0751. The molecule has 0 spiro atoms. The van der Waals surface area contributed by atoms with Gasteiger partial charge in [-0.15, -0.1) is 11.3 Å². The zero-order chi connectivity index (χ0) is 14.6. The Labute approximate surface area is 116 Å². The van der Waals surface area contributed by atoms with E-state index in [4.69, 9.17) is 5.11 Å². The van der Waals surface area contributed by atoms with Gasteiger partial charge in [0.2, 0.25) is 10.0 Å². The third-order valence-corrected chi connectivity index (χ3v) is 5.48. The van der Waals surface area contributed by atoms with Gasteiger partial charge in [-0.1, -0.05) is 6.92 Å². The van der Waals surface area contributed by atoms with Gasteiger partial charge in [0.1, 0.15) is 9.77 Å². The van der Waals surface area contributed by atoms with Gasteiger partial charge < -0.3 is 10.2 Å². The lowest BCUT2D eigenvalue weighted by molar-refractivity contribution is 0.0698. The van der Waals surface area contributed by atoms with E-state index in [0.29, 0.717) is 18.4 Å². The molecular weight excluding hydrogens is 290 g/mol. The van der Waals surface area contributed by atoms with Crippen LogP contribution in [-0.4, -0.2) is 37.2 Å². The molecule has 1 heterocycles. The summed E-state index contributed by atoms with van der Waals surface area (Å²) in [6.45, 7) is 3.43. The fraction of sp³-hybridized carbons (Fsp3) is 0.545. The normalized spacial score (nSPS) is 13.4. The Morgan fingerprint density at radius 2 is 2.16 bits per heavy atom. The van der Waals surface area contributed by atoms with Crippen molar-refractivity contribution >= 4 is 27.3 Å². The number of sulfonamides is 1. The third kappa shape index (κ3) is 4.00. The molecule has 0 fully saturated rings. The zero-order valence-electron chi connectivity index (χ0n) is 10.7. The van der Waals surface area contributed by atoms with E-state index in [9.17, 15) is 18.3 Å². The lowest BCUT2D eigenvalue weighted by Gasteiger charge is -2.10. The predicted molar refractivity (Wildman–Crippen MR) is 72.1 cm³/mol. The van der Waals surface area contributed by atoms with E-state index in [1.807, 2.05) is 0 Å². The van der Waals surface area contributed by atoms with Crippen molar-refractivity contribution in [1.29, 1.82) is 0 Å². The summed E-state index contributed by atoms with van der Waals surface area (Å²) >= 11 is 0.887. The van der Waals surface area contributed by atoms with Crippen molar-refractivity contribution < 1.29 is 23.4 Å². The summed E-state index contributed by atoms with van der Waals surface area (Å²) in [6, 6.07) is 0. The van der Waals surface area contributed by atoms with Gasteiger partial charge in [0.05, 0.1) is 6.10 Å². The molecule has 8 heteroatoms. The Morgan fingerprint density at radius 1 is 1.53 bits per heavy atom. The van der Waals surface area contributed by atoms with Crippen molar-refractivity contribution in [2.24, 2.45) is 0 Å². The van der Waals surface area contributed by atoms with Gasteiger partial charge in [-0.3, -0.25) is 0 Å². The van der Waals surface area contributed by atoms with Crippen molar-refractivity contribution in [2.75, 3.05) is 6.54 Å². The van der Waals surface area contributed by atoms with E-state index >= 15 is 0 Å². The summed E-state index contributed by atoms with van der Waals surface area (Å²) in [4.78, 5) is 10.6. The molecule has 0 aliphatic heterocycles. The number of aliphatic hydroxyl groups excluding tert-OH is 1. The Kier molecular flexibility index (Phi) is 5.48. The molecule has 0 saturated carbocycles. The van der Waals surface area contributed by atoms with Crippen LogP contribution in [0.15, 0.2) is 10.3 Å². The van der Waals surface area contributed by atoms with Crippen molar-refractivity contribution in [3.63, 3.8) is 0 Å². The number of carbonyl (C=O) groups is 1. The van der Waals surface area contributed by atoms with Gasteiger partial charge in [-0.25, -0.2) is 17.9 Å². The van der Waals surface area contributed by atoms with Gasteiger partial charge >= 0.3 is 5.97 Å².